The van der Waals surface area contributed by atoms with E-state index in [0.29, 0.717) is 18.9 Å². The van der Waals surface area contributed by atoms with Crippen molar-refractivity contribution < 1.29 is 19.1 Å². The second-order valence-corrected chi connectivity index (χ2v) is 5.60. The largest absolute Gasteiger partial charge is 0.460 e. The van der Waals surface area contributed by atoms with Gasteiger partial charge in [0.25, 0.3) is 0 Å². The summed E-state index contributed by atoms with van der Waals surface area (Å²) in [5, 5.41) is 9.80. The lowest BCUT2D eigenvalue weighted by Gasteiger charge is -2.35. The Hall–Kier alpha value is -2.11. The fraction of sp³-hybridized carbons (Fsp3) is 0.389. The number of furan rings is 1. The summed E-state index contributed by atoms with van der Waals surface area (Å²) in [6, 6.07) is 11.6. The van der Waals surface area contributed by atoms with Gasteiger partial charge in [0.05, 0.1) is 25.8 Å². The molecule has 2 heterocycles. The Labute approximate surface area is 135 Å². The smallest absolute Gasteiger partial charge is 0.374 e. The number of hydrogen-bond donors (Lipinski definition) is 1. The summed E-state index contributed by atoms with van der Waals surface area (Å²) in [5.74, 6) is 0.479. The average Bonchev–Trinajstić information content (AvgIpc) is 3.03. The first-order chi connectivity index (χ1) is 11.2. The second-order valence-electron chi connectivity index (χ2n) is 5.60. The molecule has 0 aliphatic carbocycles. The van der Waals surface area contributed by atoms with Gasteiger partial charge in [0.2, 0.25) is 5.76 Å². The Morgan fingerprint density at radius 3 is 2.96 bits per heavy atom. The number of fused-ring (bicyclic) bond motifs is 1. The molecule has 23 heavy (non-hydrogen) atoms. The van der Waals surface area contributed by atoms with Gasteiger partial charge in [-0.25, -0.2) is 4.79 Å². The normalized spacial score (nSPS) is 17.7. The summed E-state index contributed by atoms with van der Waals surface area (Å²) in [5.41, 5.74) is 2.45. The quantitative estimate of drug-likeness (QED) is 0.859. The maximum Gasteiger partial charge on any atom is 0.374 e. The second kappa shape index (κ2) is 6.98. The molecule has 122 valence electrons. The van der Waals surface area contributed by atoms with E-state index >= 15 is 0 Å². The lowest BCUT2D eigenvalue weighted by atomic mass is 9.93. The van der Waals surface area contributed by atoms with Crippen molar-refractivity contribution in [3.05, 3.63) is 59.0 Å². The standard InChI is InChI=1S/C18H21NO4/c1-2-22-18(21)17-8-7-14(23-17)11-19-10-9-13-5-3-4-6-15(13)16(19)12-20/h3-8,16,20H,2,9-12H2,1H3. The molecular formula is C18H21NO4. The molecule has 5 heteroatoms. The van der Waals surface area contributed by atoms with Crippen molar-refractivity contribution >= 4 is 5.97 Å². The number of aliphatic hydroxyl groups is 1. The summed E-state index contributed by atoms with van der Waals surface area (Å²) >= 11 is 0. The summed E-state index contributed by atoms with van der Waals surface area (Å²) in [6.45, 7) is 3.54. The van der Waals surface area contributed by atoms with Crippen molar-refractivity contribution in [3.63, 3.8) is 0 Å². The topological polar surface area (TPSA) is 62.9 Å². The molecule has 2 aromatic rings. The van der Waals surface area contributed by atoms with Gasteiger partial charge in [0.15, 0.2) is 0 Å². The summed E-state index contributed by atoms with van der Waals surface area (Å²) in [6.07, 6.45) is 0.943. The van der Waals surface area contributed by atoms with Crippen LogP contribution < -0.4 is 0 Å². The molecule has 1 aromatic carbocycles. The lowest BCUT2D eigenvalue weighted by Crippen LogP contribution is -2.36. The maximum atomic E-state index is 11.7. The zero-order valence-electron chi connectivity index (χ0n) is 13.2. The van der Waals surface area contributed by atoms with Crippen LogP contribution in [0.2, 0.25) is 0 Å². The molecule has 1 aromatic heterocycles. The number of esters is 1. The van der Waals surface area contributed by atoms with E-state index in [-0.39, 0.29) is 18.4 Å². The molecule has 1 unspecified atom stereocenters. The molecule has 0 radical (unpaired) electrons. The van der Waals surface area contributed by atoms with Gasteiger partial charge in [-0.3, -0.25) is 4.90 Å². The van der Waals surface area contributed by atoms with Crippen LogP contribution in [0.4, 0.5) is 0 Å². The lowest BCUT2D eigenvalue weighted by molar-refractivity contribution is 0.0482. The van der Waals surface area contributed by atoms with Crippen LogP contribution in [0.5, 0.6) is 0 Å². The number of rotatable bonds is 5. The van der Waals surface area contributed by atoms with E-state index in [9.17, 15) is 9.90 Å². The van der Waals surface area contributed by atoms with E-state index in [1.165, 1.54) is 11.1 Å². The predicted molar refractivity (Wildman–Crippen MR) is 85.0 cm³/mol. The summed E-state index contributed by atoms with van der Waals surface area (Å²) in [7, 11) is 0. The molecule has 1 N–H and O–H groups in total. The number of nitrogens with zero attached hydrogens (tertiary/aromatic N) is 1. The van der Waals surface area contributed by atoms with Crippen molar-refractivity contribution in [1.29, 1.82) is 0 Å². The fourth-order valence-corrected chi connectivity index (χ4v) is 3.08. The first-order valence-corrected chi connectivity index (χ1v) is 7.91. The molecule has 0 fully saturated rings. The zero-order chi connectivity index (χ0) is 16.2. The SMILES string of the molecule is CCOC(=O)c1ccc(CN2CCc3ccccc3C2CO)o1. The molecule has 0 amide bonds. The van der Waals surface area contributed by atoms with Crippen LogP contribution in [0.15, 0.2) is 40.8 Å². The van der Waals surface area contributed by atoms with Gasteiger partial charge in [-0.2, -0.15) is 0 Å². The van der Waals surface area contributed by atoms with Crippen molar-refractivity contribution in [1.82, 2.24) is 4.90 Å². The number of ether oxygens (including phenoxy) is 1. The Balaban J connectivity index is 1.74. The first kappa shape index (κ1) is 15.8. The number of carbonyl (C=O) groups excluding carboxylic acids is 1. The van der Waals surface area contributed by atoms with Crippen LogP contribution in [0.25, 0.3) is 0 Å². The molecule has 3 rings (SSSR count). The van der Waals surface area contributed by atoms with E-state index < -0.39 is 5.97 Å². The monoisotopic (exact) mass is 315 g/mol. The molecule has 5 nitrogen and oxygen atoms in total. The van der Waals surface area contributed by atoms with Gasteiger partial charge in [-0.05, 0) is 36.6 Å². The van der Waals surface area contributed by atoms with Crippen LogP contribution in [-0.4, -0.2) is 35.7 Å². The molecule has 1 aliphatic rings. The highest BCUT2D eigenvalue weighted by molar-refractivity contribution is 5.86. The van der Waals surface area contributed by atoms with Crippen LogP contribution in [0.1, 0.15) is 40.4 Å². The average molecular weight is 315 g/mol. The minimum absolute atomic E-state index is 0.0453. The predicted octanol–water partition coefficient (Wildman–Crippen LogP) is 2.55. The third-order valence-corrected chi connectivity index (χ3v) is 4.19. The number of hydrogen-bond acceptors (Lipinski definition) is 5. The highest BCUT2D eigenvalue weighted by Gasteiger charge is 2.27. The van der Waals surface area contributed by atoms with Crippen molar-refractivity contribution in [2.75, 3.05) is 19.8 Å². The van der Waals surface area contributed by atoms with Crippen LogP contribution in [-0.2, 0) is 17.7 Å². The highest BCUT2D eigenvalue weighted by atomic mass is 16.5. The van der Waals surface area contributed by atoms with E-state index in [0.717, 1.165) is 13.0 Å². The van der Waals surface area contributed by atoms with Crippen LogP contribution in [0, 0.1) is 0 Å². The number of aliphatic hydroxyl groups excluding tert-OH is 1. The third-order valence-electron chi connectivity index (χ3n) is 4.19. The third kappa shape index (κ3) is 3.30. The van der Waals surface area contributed by atoms with E-state index in [1.807, 2.05) is 12.1 Å². The molecular weight excluding hydrogens is 294 g/mol. The summed E-state index contributed by atoms with van der Waals surface area (Å²) < 4.78 is 10.5. The fourth-order valence-electron chi connectivity index (χ4n) is 3.08. The molecule has 0 bridgehead atoms. The number of benzene rings is 1. The van der Waals surface area contributed by atoms with E-state index in [1.54, 1.807) is 19.1 Å². The highest BCUT2D eigenvalue weighted by Crippen LogP contribution is 2.30. The van der Waals surface area contributed by atoms with Crippen molar-refractivity contribution in [3.8, 4) is 0 Å². The Bertz CT molecular complexity index is 679. The van der Waals surface area contributed by atoms with Gasteiger partial charge < -0.3 is 14.3 Å². The van der Waals surface area contributed by atoms with E-state index in [2.05, 4.69) is 17.0 Å². The van der Waals surface area contributed by atoms with E-state index in [4.69, 9.17) is 9.15 Å². The molecule has 0 spiro atoms. The van der Waals surface area contributed by atoms with Gasteiger partial charge >= 0.3 is 5.97 Å². The Kier molecular flexibility index (Phi) is 4.79. The van der Waals surface area contributed by atoms with Crippen molar-refractivity contribution in [2.45, 2.75) is 25.9 Å². The Morgan fingerprint density at radius 1 is 1.35 bits per heavy atom. The summed E-state index contributed by atoms with van der Waals surface area (Å²) in [4.78, 5) is 13.8. The first-order valence-electron chi connectivity index (χ1n) is 7.91. The van der Waals surface area contributed by atoms with Gasteiger partial charge in [0, 0.05) is 6.54 Å². The number of carbonyl (C=O) groups is 1. The minimum Gasteiger partial charge on any atom is -0.460 e. The molecule has 0 saturated carbocycles. The molecule has 0 saturated heterocycles. The van der Waals surface area contributed by atoms with Gasteiger partial charge in [0.1, 0.15) is 5.76 Å². The van der Waals surface area contributed by atoms with Crippen LogP contribution >= 0.6 is 0 Å². The van der Waals surface area contributed by atoms with Crippen molar-refractivity contribution in [2.24, 2.45) is 0 Å². The maximum absolute atomic E-state index is 11.7. The van der Waals surface area contributed by atoms with Crippen LogP contribution in [0.3, 0.4) is 0 Å². The van der Waals surface area contributed by atoms with Gasteiger partial charge in [-0.1, -0.05) is 24.3 Å². The zero-order valence-corrected chi connectivity index (χ0v) is 13.2. The minimum atomic E-state index is -0.443. The van der Waals surface area contributed by atoms with Gasteiger partial charge in [-0.15, -0.1) is 0 Å². The molecule has 1 aliphatic heterocycles. The Morgan fingerprint density at radius 2 is 2.17 bits per heavy atom. The molecule has 1 atom stereocenters.